The second kappa shape index (κ2) is 4.78. The number of hydrogen-bond donors (Lipinski definition) is 0. The van der Waals surface area contributed by atoms with Gasteiger partial charge in [0.05, 0.1) is 11.6 Å². The Morgan fingerprint density at radius 3 is 2.56 bits per heavy atom. The van der Waals surface area contributed by atoms with Gasteiger partial charge in [-0.15, -0.1) is 11.3 Å². The molecule has 78 valence electrons. The molecule has 0 fully saturated rings. The lowest BCUT2D eigenvalue weighted by molar-refractivity contribution is 1.45. The maximum Gasteiger partial charge on any atom is 0.0998 e. The molecule has 1 aromatic heterocycles. The summed E-state index contributed by atoms with van der Waals surface area (Å²) >= 11 is 1.64. The molecule has 0 aliphatic rings. The number of allylic oxidation sites excluding steroid dienone is 1. The van der Waals surface area contributed by atoms with Crippen LogP contribution < -0.4 is 0 Å². The van der Waals surface area contributed by atoms with Crippen molar-refractivity contribution in [2.75, 3.05) is 0 Å². The highest BCUT2D eigenvalue weighted by Crippen LogP contribution is 2.20. The molecule has 0 amide bonds. The molecule has 0 unspecified atom stereocenters. The van der Waals surface area contributed by atoms with Crippen LogP contribution in [-0.4, -0.2) is 0 Å². The molecular formula is C14H11NS. The zero-order valence-electron chi connectivity index (χ0n) is 8.97. The van der Waals surface area contributed by atoms with Gasteiger partial charge in [0.2, 0.25) is 0 Å². The normalized spacial score (nSPS) is 11.1. The van der Waals surface area contributed by atoms with Crippen LogP contribution in [0, 0.1) is 18.3 Å². The van der Waals surface area contributed by atoms with E-state index in [0.29, 0.717) is 5.57 Å². The van der Waals surface area contributed by atoms with Gasteiger partial charge in [0, 0.05) is 4.88 Å². The quantitative estimate of drug-likeness (QED) is 0.705. The van der Waals surface area contributed by atoms with E-state index in [9.17, 15) is 0 Å². The van der Waals surface area contributed by atoms with E-state index in [1.54, 1.807) is 11.3 Å². The first-order valence-corrected chi connectivity index (χ1v) is 5.90. The van der Waals surface area contributed by atoms with E-state index in [2.05, 4.69) is 6.07 Å². The van der Waals surface area contributed by atoms with Crippen molar-refractivity contribution in [1.82, 2.24) is 0 Å². The Kier molecular flexibility index (Phi) is 3.19. The fourth-order valence-corrected chi connectivity index (χ4v) is 2.09. The molecular weight excluding hydrogens is 214 g/mol. The van der Waals surface area contributed by atoms with Crippen molar-refractivity contribution < 1.29 is 0 Å². The largest absolute Gasteiger partial charge is 0.192 e. The molecule has 0 spiro atoms. The van der Waals surface area contributed by atoms with Crippen LogP contribution in [0.25, 0.3) is 11.6 Å². The van der Waals surface area contributed by atoms with E-state index >= 15 is 0 Å². The van der Waals surface area contributed by atoms with Crippen LogP contribution in [0.3, 0.4) is 0 Å². The Hall–Kier alpha value is -1.85. The molecule has 0 saturated carbocycles. The predicted octanol–water partition coefficient (Wildman–Crippen LogP) is 4.12. The van der Waals surface area contributed by atoms with Gasteiger partial charge in [0.1, 0.15) is 0 Å². The molecule has 2 rings (SSSR count). The summed E-state index contributed by atoms with van der Waals surface area (Å²) in [6, 6.07) is 14.3. The van der Waals surface area contributed by atoms with Crippen LogP contribution in [0.2, 0.25) is 0 Å². The molecule has 0 aliphatic carbocycles. The number of benzene rings is 1. The van der Waals surface area contributed by atoms with Gasteiger partial charge in [-0.05, 0) is 30.0 Å². The average molecular weight is 225 g/mol. The summed E-state index contributed by atoms with van der Waals surface area (Å²) in [5, 5.41) is 11.1. The minimum atomic E-state index is 0.711. The lowest BCUT2D eigenvalue weighted by Gasteiger charge is -1.99. The van der Waals surface area contributed by atoms with Crippen molar-refractivity contribution in [3.05, 3.63) is 57.8 Å². The molecule has 2 aromatic rings. The van der Waals surface area contributed by atoms with Crippen molar-refractivity contribution in [2.24, 2.45) is 0 Å². The van der Waals surface area contributed by atoms with Gasteiger partial charge in [-0.1, -0.05) is 35.9 Å². The Labute approximate surface area is 99.3 Å². The summed E-state index contributed by atoms with van der Waals surface area (Å²) in [5.41, 5.74) is 2.89. The molecule has 1 heterocycles. The first kappa shape index (κ1) is 10.7. The number of rotatable bonds is 2. The molecule has 0 aliphatic heterocycles. The van der Waals surface area contributed by atoms with Gasteiger partial charge in [0.25, 0.3) is 0 Å². The third-order valence-electron chi connectivity index (χ3n) is 2.31. The molecule has 2 heteroatoms. The third kappa shape index (κ3) is 2.39. The Morgan fingerprint density at radius 2 is 2.00 bits per heavy atom. The van der Waals surface area contributed by atoms with Gasteiger partial charge >= 0.3 is 0 Å². The lowest BCUT2D eigenvalue weighted by atomic mass is 10.0. The number of nitrogens with zero attached hydrogens (tertiary/aromatic N) is 1. The standard InChI is InChI=1S/C14H11NS/c1-11-4-6-12(7-5-11)13(10-15)9-14-3-2-8-16-14/h2-9H,1H3. The first-order valence-electron chi connectivity index (χ1n) is 5.02. The maximum atomic E-state index is 9.13. The average Bonchev–Trinajstić information content (AvgIpc) is 2.80. The summed E-state index contributed by atoms with van der Waals surface area (Å²) in [4.78, 5) is 1.11. The van der Waals surface area contributed by atoms with Crippen molar-refractivity contribution >= 4 is 23.0 Å². The van der Waals surface area contributed by atoms with Crippen LogP contribution in [0.15, 0.2) is 41.8 Å². The maximum absolute atomic E-state index is 9.13. The summed E-state index contributed by atoms with van der Waals surface area (Å²) < 4.78 is 0. The number of nitriles is 1. The van der Waals surface area contributed by atoms with Gasteiger partial charge in [-0.2, -0.15) is 5.26 Å². The van der Waals surface area contributed by atoms with Gasteiger partial charge in [-0.3, -0.25) is 0 Å². The van der Waals surface area contributed by atoms with Crippen molar-refractivity contribution in [3.8, 4) is 6.07 Å². The highest BCUT2D eigenvalue weighted by Gasteiger charge is 2.00. The minimum Gasteiger partial charge on any atom is -0.192 e. The van der Waals surface area contributed by atoms with Gasteiger partial charge in [0.15, 0.2) is 0 Å². The smallest absolute Gasteiger partial charge is 0.0998 e. The van der Waals surface area contributed by atoms with Crippen LogP contribution in [-0.2, 0) is 0 Å². The topological polar surface area (TPSA) is 23.8 Å². The van der Waals surface area contributed by atoms with E-state index in [0.717, 1.165) is 10.4 Å². The third-order valence-corrected chi connectivity index (χ3v) is 3.13. The molecule has 0 N–H and O–H groups in total. The minimum absolute atomic E-state index is 0.711. The van der Waals surface area contributed by atoms with Crippen molar-refractivity contribution in [2.45, 2.75) is 6.92 Å². The lowest BCUT2D eigenvalue weighted by Crippen LogP contribution is -1.81. The summed E-state index contributed by atoms with van der Waals surface area (Å²) in [6.07, 6.45) is 1.93. The van der Waals surface area contributed by atoms with Crippen molar-refractivity contribution in [1.29, 1.82) is 5.26 Å². The number of thiophene rings is 1. The molecule has 1 aromatic carbocycles. The molecule has 16 heavy (non-hydrogen) atoms. The van der Waals surface area contributed by atoms with E-state index in [1.165, 1.54) is 5.56 Å². The molecule has 0 bridgehead atoms. The second-order valence-corrected chi connectivity index (χ2v) is 4.53. The van der Waals surface area contributed by atoms with E-state index in [-0.39, 0.29) is 0 Å². The molecule has 0 atom stereocenters. The van der Waals surface area contributed by atoms with Crippen LogP contribution in [0.5, 0.6) is 0 Å². The highest BCUT2D eigenvalue weighted by molar-refractivity contribution is 7.10. The highest BCUT2D eigenvalue weighted by atomic mass is 32.1. The van der Waals surface area contributed by atoms with E-state index in [1.807, 2.05) is 54.8 Å². The summed E-state index contributed by atoms with van der Waals surface area (Å²) in [6.45, 7) is 2.04. The zero-order valence-corrected chi connectivity index (χ0v) is 9.79. The van der Waals surface area contributed by atoms with Crippen LogP contribution in [0.1, 0.15) is 16.0 Å². The van der Waals surface area contributed by atoms with Crippen LogP contribution >= 0.6 is 11.3 Å². The zero-order chi connectivity index (χ0) is 11.4. The van der Waals surface area contributed by atoms with Crippen LogP contribution in [0.4, 0.5) is 0 Å². The van der Waals surface area contributed by atoms with E-state index < -0.39 is 0 Å². The monoisotopic (exact) mass is 225 g/mol. The SMILES string of the molecule is Cc1ccc(C(C#N)=Cc2cccs2)cc1. The second-order valence-electron chi connectivity index (χ2n) is 3.55. The van der Waals surface area contributed by atoms with E-state index in [4.69, 9.17) is 5.26 Å². The Morgan fingerprint density at radius 1 is 1.25 bits per heavy atom. The molecule has 0 radical (unpaired) electrons. The fourth-order valence-electron chi connectivity index (χ4n) is 1.43. The number of hydrogen-bond acceptors (Lipinski definition) is 2. The predicted molar refractivity (Wildman–Crippen MR) is 69.0 cm³/mol. The Bertz CT molecular complexity index is 527. The number of aryl methyl sites for hydroxylation is 1. The van der Waals surface area contributed by atoms with Crippen molar-refractivity contribution in [3.63, 3.8) is 0 Å². The summed E-state index contributed by atoms with van der Waals surface area (Å²) in [7, 11) is 0. The summed E-state index contributed by atoms with van der Waals surface area (Å²) in [5.74, 6) is 0. The molecule has 1 nitrogen and oxygen atoms in total. The van der Waals surface area contributed by atoms with Gasteiger partial charge in [-0.25, -0.2) is 0 Å². The molecule has 0 saturated heterocycles. The Balaban J connectivity index is 2.37. The van der Waals surface area contributed by atoms with Gasteiger partial charge < -0.3 is 0 Å². The first-order chi connectivity index (χ1) is 7.79. The fraction of sp³-hybridized carbons (Fsp3) is 0.0714.